The van der Waals surface area contributed by atoms with E-state index in [9.17, 15) is 14.7 Å². The normalized spacial score (nSPS) is 16.6. The molecule has 0 aromatic heterocycles. The number of carbonyl (C=O) groups is 2. The Hall–Kier alpha value is -2.57. The number of aliphatic hydroxyl groups is 1. The summed E-state index contributed by atoms with van der Waals surface area (Å²) >= 11 is 6.10. The van der Waals surface area contributed by atoms with E-state index in [1.807, 2.05) is 11.0 Å². The molecule has 1 atom stereocenters. The third kappa shape index (κ3) is 5.03. The molecule has 6 nitrogen and oxygen atoms in total. The summed E-state index contributed by atoms with van der Waals surface area (Å²) in [6.07, 6.45) is 1.84. The van der Waals surface area contributed by atoms with Gasteiger partial charge in [0.15, 0.2) is 0 Å². The Morgan fingerprint density at radius 1 is 1.18 bits per heavy atom. The summed E-state index contributed by atoms with van der Waals surface area (Å²) in [7, 11) is 0. The van der Waals surface area contributed by atoms with Crippen LogP contribution in [0.25, 0.3) is 0 Å². The van der Waals surface area contributed by atoms with Crippen LogP contribution in [0.15, 0.2) is 42.5 Å². The topological polar surface area (TPSA) is 89.9 Å². The van der Waals surface area contributed by atoms with Gasteiger partial charge in [0.2, 0.25) is 0 Å². The van der Waals surface area contributed by atoms with Crippen LogP contribution in [-0.2, 0) is 6.42 Å². The highest BCUT2D eigenvalue weighted by Crippen LogP contribution is 2.27. The Kier molecular flexibility index (Phi) is 6.54. The number of rotatable bonds is 6. The van der Waals surface area contributed by atoms with E-state index in [-0.39, 0.29) is 11.5 Å². The van der Waals surface area contributed by atoms with Gasteiger partial charge in [0, 0.05) is 30.3 Å². The molecule has 0 aliphatic carbocycles. The van der Waals surface area contributed by atoms with Gasteiger partial charge in [-0.2, -0.15) is 0 Å². The maximum absolute atomic E-state index is 12.7. The van der Waals surface area contributed by atoms with E-state index in [4.69, 9.17) is 16.7 Å². The average molecular weight is 403 g/mol. The molecular formula is C21H23ClN2O4. The highest BCUT2D eigenvalue weighted by atomic mass is 35.5. The van der Waals surface area contributed by atoms with Crippen molar-refractivity contribution in [2.24, 2.45) is 0 Å². The van der Waals surface area contributed by atoms with Crippen LogP contribution in [0.1, 0.15) is 39.1 Å². The van der Waals surface area contributed by atoms with Crippen molar-refractivity contribution in [1.82, 2.24) is 5.32 Å². The number of aliphatic hydroxyl groups excluding tert-OH is 1. The zero-order valence-corrected chi connectivity index (χ0v) is 16.2. The van der Waals surface area contributed by atoms with Crippen LogP contribution in [0, 0.1) is 0 Å². The number of hydrogen-bond donors (Lipinski definition) is 3. The summed E-state index contributed by atoms with van der Waals surface area (Å²) in [5.41, 5.74) is 2.44. The molecule has 1 unspecified atom stereocenters. The molecule has 2 aromatic carbocycles. The van der Waals surface area contributed by atoms with Crippen molar-refractivity contribution in [3.05, 3.63) is 64.2 Å². The van der Waals surface area contributed by atoms with Crippen molar-refractivity contribution in [1.29, 1.82) is 0 Å². The van der Waals surface area contributed by atoms with E-state index in [1.54, 1.807) is 36.4 Å². The Morgan fingerprint density at radius 2 is 1.93 bits per heavy atom. The number of aromatic carboxylic acids is 1. The number of piperidine rings is 1. The summed E-state index contributed by atoms with van der Waals surface area (Å²) in [4.78, 5) is 25.7. The number of halogens is 1. The first kappa shape index (κ1) is 20.2. The molecule has 1 heterocycles. The maximum atomic E-state index is 12.7. The van der Waals surface area contributed by atoms with Crippen molar-refractivity contribution in [3.63, 3.8) is 0 Å². The van der Waals surface area contributed by atoms with Crippen molar-refractivity contribution in [3.8, 4) is 0 Å². The Labute approximate surface area is 168 Å². The number of nitrogens with one attached hydrogen (secondary N) is 1. The zero-order chi connectivity index (χ0) is 20.1. The third-order valence-electron chi connectivity index (χ3n) is 4.84. The molecular weight excluding hydrogens is 380 g/mol. The monoisotopic (exact) mass is 402 g/mol. The minimum atomic E-state index is -0.962. The summed E-state index contributed by atoms with van der Waals surface area (Å²) in [5, 5.41) is 22.3. The predicted molar refractivity (Wildman–Crippen MR) is 108 cm³/mol. The Bertz CT molecular complexity index is 854. The molecule has 1 aliphatic heterocycles. The number of β-amino-alcohol motifs (C(OH)–C–C–N with tert-alkyl or cyclic N) is 1. The molecule has 0 saturated carbocycles. The van der Waals surface area contributed by atoms with Gasteiger partial charge in [-0.1, -0.05) is 23.7 Å². The highest BCUT2D eigenvalue weighted by Gasteiger charge is 2.22. The number of benzene rings is 2. The molecule has 3 rings (SSSR count). The smallest absolute Gasteiger partial charge is 0.335 e. The van der Waals surface area contributed by atoms with Gasteiger partial charge in [-0.15, -0.1) is 0 Å². The van der Waals surface area contributed by atoms with Crippen LogP contribution >= 0.6 is 11.6 Å². The van der Waals surface area contributed by atoms with E-state index in [1.165, 1.54) is 0 Å². The largest absolute Gasteiger partial charge is 0.478 e. The fraction of sp³-hybridized carbons (Fsp3) is 0.333. The van der Waals surface area contributed by atoms with Crippen LogP contribution in [0.5, 0.6) is 0 Å². The van der Waals surface area contributed by atoms with E-state index in [2.05, 4.69) is 5.32 Å². The SMILES string of the molecule is O=C(O)c1ccc(CCNC(=O)c2cc(Cl)ccc2N2CCCC(O)C2)cc1. The number of anilines is 1. The lowest BCUT2D eigenvalue weighted by molar-refractivity contribution is 0.0696. The van der Waals surface area contributed by atoms with Crippen LogP contribution in [0.3, 0.4) is 0 Å². The number of carboxylic acid groups (broad SMARTS) is 1. The van der Waals surface area contributed by atoms with Crippen molar-refractivity contribution >= 4 is 29.2 Å². The first-order valence-electron chi connectivity index (χ1n) is 9.27. The summed E-state index contributed by atoms with van der Waals surface area (Å²) in [6.45, 7) is 1.70. The number of carboxylic acids is 1. The van der Waals surface area contributed by atoms with Gasteiger partial charge in [-0.05, 0) is 55.2 Å². The molecule has 0 bridgehead atoms. The van der Waals surface area contributed by atoms with Gasteiger partial charge in [-0.25, -0.2) is 4.79 Å². The quantitative estimate of drug-likeness (QED) is 0.691. The van der Waals surface area contributed by atoms with Crippen molar-refractivity contribution in [2.75, 3.05) is 24.5 Å². The fourth-order valence-corrected chi connectivity index (χ4v) is 3.54. The minimum Gasteiger partial charge on any atom is -0.478 e. The number of nitrogens with zero attached hydrogens (tertiary/aromatic N) is 1. The molecule has 1 fully saturated rings. The van der Waals surface area contributed by atoms with Crippen molar-refractivity contribution in [2.45, 2.75) is 25.4 Å². The molecule has 148 valence electrons. The molecule has 1 amide bonds. The van der Waals surface area contributed by atoms with Gasteiger partial charge in [0.05, 0.1) is 17.2 Å². The Morgan fingerprint density at radius 3 is 2.61 bits per heavy atom. The van der Waals surface area contributed by atoms with Crippen LogP contribution in [-0.4, -0.2) is 47.8 Å². The summed E-state index contributed by atoms with van der Waals surface area (Å²) < 4.78 is 0. The number of carbonyl (C=O) groups excluding carboxylic acids is 1. The lowest BCUT2D eigenvalue weighted by atomic mass is 10.0. The molecule has 1 saturated heterocycles. The third-order valence-corrected chi connectivity index (χ3v) is 5.08. The van der Waals surface area contributed by atoms with Crippen molar-refractivity contribution < 1.29 is 19.8 Å². The van der Waals surface area contributed by atoms with E-state index >= 15 is 0 Å². The number of hydrogen-bond acceptors (Lipinski definition) is 4. The fourth-order valence-electron chi connectivity index (χ4n) is 3.37. The molecule has 0 spiro atoms. The zero-order valence-electron chi connectivity index (χ0n) is 15.4. The maximum Gasteiger partial charge on any atom is 0.335 e. The molecule has 0 radical (unpaired) electrons. The van der Waals surface area contributed by atoms with Gasteiger partial charge in [-0.3, -0.25) is 4.79 Å². The molecule has 3 N–H and O–H groups in total. The Balaban J connectivity index is 1.65. The summed E-state index contributed by atoms with van der Waals surface area (Å²) in [5.74, 6) is -1.18. The first-order valence-corrected chi connectivity index (χ1v) is 9.65. The van der Waals surface area contributed by atoms with Crippen LogP contribution < -0.4 is 10.2 Å². The van der Waals surface area contributed by atoms with Gasteiger partial charge < -0.3 is 20.4 Å². The second-order valence-corrected chi connectivity index (χ2v) is 7.35. The van der Waals surface area contributed by atoms with Gasteiger partial charge >= 0.3 is 5.97 Å². The summed E-state index contributed by atoms with van der Waals surface area (Å²) in [6, 6.07) is 11.8. The average Bonchev–Trinajstić information content (AvgIpc) is 2.68. The molecule has 2 aromatic rings. The van der Waals surface area contributed by atoms with Crippen LogP contribution in [0.2, 0.25) is 5.02 Å². The van der Waals surface area contributed by atoms with E-state index in [0.717, 1.165) is 30.6 Å². The van der Waals surface area contributed by atoms with Gasteiger partial charge in [0.1, 0.15) is 0 Å². The molecule has 7 heteroatoms. The van der Waals surface area contributed by atoms with Crippen LogP contribution in [0.4, 0.5) is 5.69 Å². The predicted octanol–water partition coefficient (Wildman–Crippen LogP) is 2.97. The lowest BCUT2D eigenvalue weighted by Crippen LogP contribution is -2.39. The number of amides is 1. The van der Waals surface area contributed by atoms with E-state index < -0.39 is 12.1 Å². The highest BCUT2D eigenvalue weighted by molar-refractivity contribution is 6.31. The second-order valence-electron chi connectivity index (χ2n) is 6.91. The van der Waals surface area contributed by atoms with E-state index in [0.29, 0.717) is 30.1 Å². The second kappa shape index (κ2) is 9.08. The van der Waals surface area contributed by atoms with Gasteiger partial charge in [0.25, 0.3) is 5.91 Å². The first-order chi connectivity index (χ1) is 13.4. The standard InChI is InChI=1S/C21H23ClN2O4/c22-16-7-8-19(24-11-1-2-17(25)13-24)18(12-16)20(26)23-10-9-14-3-5-15(6-4-14)21(27)28/h3-8,12,17,25H,1-2,9-11,13H2,(H,23,26)(H,27,28). The lowest BCUT2D eigenvalue weighted by Gasteiger charge is -2.33. The molecule has 1 aliphatic rings. The minimum absolute atomic E-state index is 0.222. The molecule has 28 heavy (non-hydrogen) atoms.